The molecule has 1 saturated carbocycles. The number of rotatable bonds is 5. The number of ketones is 1. The number of hydrogen-bond acceptors (Lipinski definition) is 2. The molecule has 2 heteroatoms. The zero-order chi connectivity index (χ0) is 13.8. The molecule has 0 unspecified atom stereocenters. The normalized spacial score (nSPS) is 19.0. The summed E-state index contributed by atoms with van der Waals surface area (Å²) in [7, 11) is 0. The molecule has 0 radical (unpaired) electrons. The summed E-state index contributed by atoms with van der Waals surface area (Å²) in [6.45, 7) is 0.834. The summed E-state index contributed by atoms with van der Waals surface area (Å²) in [6.07, 6.45) is 10.8. The lowest BCUT2D eigenvalue weighted by Crippen LogP contribution is -2.28. The van der Waals surface area contributed by atoms with Crippen LogP contribution in [0.25, 0.3) is 0 Å². The summed E-state index contributed by atoms with van der Waals surface area (Å²) in [5, 5.41) is 3.52. The van der Waals surface area contributed by atoms with Crippen molar-refractivity contribution in [1.82, 2.24) is 5.32 Å². The van der Waals surface area contributed by atoms with E-state index in [1.807, 2.05) is 6.07 Å². The molecule has 0 aliphatic heterocycles. The molecule has 0 saturated heterocycles. The van der Waals surface area contributed by atoms with Gasteiger partial charge in [0.05, 0.1) is 0 Å². The second-order valence-electron chi connectivity index (χ2n) is 6.30. The molecule has 2 aliphatic rings. The second-order valence-corrected chi connectivity index (χ2v) is 6.30. The van der Waals surface area contributed by atoms with Crippen LogP contribution in [0.2, 0.25) is 0 Å². The van der Waals surface area contributed by atoms with Gasteiger partial charge in [-0.3, -0.25) is 4.79 Å². The lowest BCUT2D eigenvalue weighted by Gasteiger charge is -2.16. The van der Waals surface area contributed by atoms with Crippen molar-refractivity contribution in [3.63, 3.8) is 0 Å². The number of aryl methyl sites for hydroxylation is 2. The van der Waals surface area contributed by atoms with Crippen LogP contribution in [-0.2, 0) is 12.8 Å². The Balaban J connectivity index is 1.53. The van der Waals surface area contributed by atoms with Gasteiger partial charge < -0.3 is 5.32 Å². The van der Waals surface area contributed by atoms with Gasteiger partial charge in [-0.2, -0.15) is 0 Å². The minimum absolute atomic E-state index is 0.295. The number of hydrogen-bond donors (Lipinski definition) is 1. The molecule has 0 spiro atoms. The van der Waals surface area contributed by atoms with Crippen molar-refractivity contribution in [3.8, 4) is 0 Å². The molecular weight excluding hydrogens is 246 g/mol. The molecule has 1 aromatic carbocycles. The summed E-state index contributed by atoms with van der Waals surface area (Å²) in [5.74, 6) is 0.295. The number of carbonyl (C=O) groups excluding carboxylic acids is 1. The number of carbonyl (C=O) groups is 1. The van der Waals surface area contributed by atoms with Gasteiger partial charge in [0, 0.05) is 24.6 Å². The highest BCUT2D eigenvalue weighted by Crippen LogP contribution is 2.23. The molecule has 3 rings (SSSR count). The second kappa shape index (κ2) is 6.53. The average molecular weight is 271 g/mol. The van der Waals surface area contributed by atoms with Crippen LogP contribution >= 0.6 is 0 Å². The number of Topliss-reactive ketones (excluding diaryl/α,β-unsaturated/α-hetero) is 1. The van der Waals surface area contributed by atoms with Gasteiger partial charge in [0.15, 0.2) is 5.78 Å². The molecule has 0 aromatic heterocycles. The largest absolute Gasteiger partial charge is 0.314 e. The van der Waals surface area contributed by atoms with Gasteiger partial charge >= 0.3 is 0 Å². The predicted octanol–water partition coefficient (Wildman–Crippen LogP) is 3.67. The minimum Gasteiger partial charge on any atom is -0.314 e. The average Bonchev–Trinajstić information content (AvgIpc) is 3.00. The van der Waals surface area contributed by atoms with Crippen molar-refractivity contribution in [3.05, 3.63) is 34.9 Å². The maximum atomic E-state index is 12.3. The van der Waals surface area contributed by atoms with E-state index in [0.29, 0.717) is 18.2 Å². The van der Waals surface area contributed by atoms with Crippen molar-refractivity contribution in [1.29, 1.82) is 0 Å². The van der Waals surface area contributed by atoms with E-state index in [0.717, 1.165) is 18.5 Å². The number of nitrogens with one attached hydrogen (secondary N) is 1. The molecule has 0 bridgehead atoms. The fraction of sp³-hybridized carbons (Fsp3) is 0.611. The molecule has 108 valence electrons. The van der Waals surface area contributed by atoms with Crippen LogP contribution in [-0.4, -0.2) is 18.4 Å². The van der Waals surface area contributed by atoms with E-state index in [1.54, 1.807) is 0 Å². The third-order valence-electron chi connectivity index (χ3n) is 4.81. The molecule has 20 heavy (non-hydrogen) atoms. The van der Waals surface area contributed by atoms with Crippen LogP contribution in [0, 0.1) is 0 Å². The number of fused-ring (bicyclic) bond motifs is 1. The first-order chi connectivity index (χ1) is 9.83. The van der Waals surface area contributed by atoms with E-state index in [2.05, 4.69) is 17.4 Å². The van der Waals surface area contributed by atoms with Crippen LogP contribution in [0.5, 0.6) is 0 Å². The first-order valence-electron chi connectivity index (χ1n) is 8.21. The highest BCUT2D eigenvalue weighted by atomic mass is 16.1. The minimum atomic E-state index is 0.295. The fourth-order valence-electron chi connectivity index (χ4n) is 3.57. The van der Waals surface area contributed by atoms with Crippen LogP contribution < -0.4 is 5.32 Å². The lowest BCUT2D eigenvalue weighted by molar-refractivity contribution is 0.0981. The summed E-state index contributed by atoms with van der Waals surface area (Å²) in [4.78, 5) is 12.3. The first-order valence-corrected chi connectivity index (χ1v) is 8.21. The summed E-state index contributed by atoms with van der Waals surface area (Å²) in [5.41, 5.74) is 3.78. The molecule has 0 atom stereocenters. The lowest BCUT2D eigenvalue weighted by atomic mass is 9.89. The molecular formula is C18H25NO. The summed E-state index contributed by atoms with van der Waals surface area (Å²) < 4.78 is 0. The van der Waals surface area contributed by atoms with Gasteiger partial charge in [-0.25, -0.2) is 0 Å². The molecule has 1 N–H and O–H groups in total. The molecule has 2 aliphatic carbocycles. The molecule has 0 heterocycles. The fourth-order valence-corrected chi connectivity index (χ4v) is 3.57. The van der Waals surface area contributed by atoms with E-state index in [4.69, 9.17) is 0 Å². The smallest absolute Gasteiger partial charge is 0.164 e. The van der Waals surface area contributed by atoms with Gasteiger partial charge in [0.1, 0.15) is 0 Å². The van der Waals surface area contributed by atoms with Crippen LogP contribution in [0.3, 0.4) is 0 Å². The third-order valence-corrected chi connectivity index (χ3v) is 4.81. The Kier molecular flexibility index (Phi) is 4.51. The zero-order valence-electron chi connectivity index (χ0n) is 12.3. The Hall–Kier alpha value is -1.15. The van der Waals surface area contributed by atoms with Gasteiger partial charge in [-0.05, 0) is 55.7 Å². The van der Waals surface area contributed by atoms with Crippen LogP contribution in [0.4, 0.5) is 0 Å². The van der Waals surface area contributed by atoms with Crippen molar-refractivity contribution >= 4 is 5.78 Å². The maximum absolute atomic E-state index is 12.3. The van der Waals surface area contributed by atoms with Gasteiger partial charge in [0.25, 0.3) is 0 Å². The van der Waals surface area contributed by atoms with Crippen molar-refractivity contribution < 1.29 is 4.79 Å². The standard InChI is InChI=1S/C18H25NO/c20-18(11-12-19-17-7-3-4-8-17)16-10-9-14-5-1-2-6-15(14)13-16/h9-10,13,17,19H,1-8,11-12H2. The predicted molar refractivity (Wildman–Crippen MR) is 82.3 cm³/mol. The maximum Gasteiger partial charge on any atom is 0.164 e. The van der Waals surface area contributed by atoms with Crippen LogP contribution in [0.1, 0.15) is 66.4 Å². The Morgan fingerprint density at radius 3 is 2.60 bits per heavy atom. The molecule has 1 fully saturated rings. The third kappa shape index (κ3) is 3.29. The van der Waals surface area contributed by atoms with Crippen molar-refractivity contribution in [2.24, 2.45) is 0 Å². The monoisotopic (exact) mass is 271 g/mol. The van der Waals surface area contributed by atoms with Crippen LogP contribution in [0.15, 0.2) is 18.2 Å². The highest BCUT2D eigenvalue weighted by molar-refractivity contribution is 5.96. The van der Waals surface area contributed by atoms with Crippen molar-refractivity contribution in [2.75, 3.05) is 6.54 Å². The topological polar surface area (TPSA) is 29.1 Å². The van der Waals surface area contributed by atoms with Gasteiger partial charge in [-0.15, -0.1) is 0 Å². The Labute approximate surface area is 122 Å². The van der Waals surface area contributed by atoms with E-state index in [-0.39, 0.29) is 0 Å². The van der Waals surface area contributed by atoms with E-state index < -0.39 is 0 Å². The Morgan fingerprint density at radius 1 is 1.05 bits per heavy atom. The van der Waals surface area contributed by atoms with Gasteiger partial charge in [0.2, 0.25) is 0 Å². The Bertz CT molecular complexity index is 474. The Morgan fingerprint density at radius 2 is 1.80 bits per heavy atom. The number of benzene rings is 1. The SMILES string of the molecule is O=C(CCNC1CCCC1)c1ccc2c(c1)CCCC2. The zero-order valence-corrected chi connectivity index (χ0v) is 12.3. The quantitative estimate of drug-likeness (QED) is 0.828. The molecule has 0 amide bonds. The van der Waals surface area contributed by atoms with Crippen molar-refractivity contribution in [2.45, 2.75) is 63.8 Å². The first kappa shape index (κ1) is 13.8. The summed E-state index contributed by atoms with van der Waals surface area (Å²) >= 11 is 0. The molecule has 1 aromatic rings. The highest BCUT2D eigenvalue weighted by Gasteiger charge is 2.15. The van der Waals surface area contributed by atoms with E-state index >= 15 is 0 Å². The van der Waals surface area contributed by atoms with Gasteiger partial charge in [-0.1, -0.05) is 25.0 Å². The summed E-state index contributed by atoms with van der Waals surface area (Å²) in [6, 6.07) is 7.01. The van der Waals surface area contributed by atoms with E-state index in [9.17, 15) is 4.79 Å². The van der Waals surface area contributed by atoms with E-state index in [1.165, 1.54) is 56.1 Å². The molecule has 2 nitrogen and oxygen atoms in total.